The molecule has 40 heavy (non-hydrogen) atoms. The van der Waals surface area contributed by atoms with Gasteiger partial charge < -0.3 is 26.0 Å². The molecule has 1 aromatic rings. The first-order chi connectivity index (χ1) is 18.7. The van der Waals surface area contributed by atoms with Crippen LogP contribution in [0.15, 0.2) is 6.07 Å². The second-order valence-electron chi connectivity index (χ2n) is 11.2. The monoisotopic (exact) mass is 565 g/mol. The summed E-state index contributed by atoms with van der Waals surface area (Å²) in [5, 5.41) is 25.7. The molecule has 8 unspecified atom stereocenters. The number of Topliss-reactive ketones (excluding diaryl/α,β-unsaturated/α-hetero) is 4. The Hall–Kier alpha value is -3.36. The SMILES string of the molecule is CCN1C2C(=O)C(C(N)=O)C(=O)C3(O)C(=O)C4C(=O)c5c(O)cc(C6CCCN6)c(OC(F)(F)F)c5CC4CC213. The number of alkyl halides is 3. The van der Waals surface area contributed by atoms with Gasteiger partial charge in [-0.15, -0.1) is 13.2 Å². The molecule has 214 valence electrons. The predicted molar refractivity (Wildman–Crippen MR) is 126 cm³/mol. The predicted octanol–water partition coefficient (Wildman–Crippen LogP) is 0.0866. The van der Waals surface area contributed by atoms with Crippen LogP contribution in [-0.2, 0) is 25.6 Å². The van der Waals surface area contributed by atoms with Crippen molar-refractivity contribution in [2.45, 2.75) is 62.2 Å². The number of aliphatic hydroxyl groups is 1. The molecular weight excluding hydrogens is 539 g/mol. The van der Waals surface area contributed by atoms with Gasteiger partial charge in [-0.25, -0.2) is 0 Å². The second kappa shape index (κ2) is 8.33. The van der Waals surface area contributed by atoms with Crippen LogP contribution in [0.1, 0.15) is 53.7 Å². The molecule has 0 radical (unpaired) electrons. The number of likely N-dealkylation sites (N-methyl/N-ethyl adjacent to an activating group) is 1. The maximum absolute atomic E-state index is 13.9. The molecule has 3 aliphatic carbocycles. The zero-order valence-electron chi connectivity index (χ0n) is 21.2. The number of phenols is 1. The van der Waals surface area contributed by atoms with Gasteiger partial charge in [-0.2, -0.15) is 0 Å². The van der Waals surface area contributed by atoms with E-state index in [0.29, 0.717) is 19.4 Å². The second-order valence-corrected chi connectivity index (χ2v) is 11.2. The zero-order chi connectivity index (χ0) is 29.1. The lowest BCUT2D eigenvalue weighted by Crippen LogP contribution is -2.73. The topological polar surface area (TPSA) is 176 Å². The summed E-state index contributed by atoms with van der Waals surface area (Å²) in [6.07, 6.45) is -4.62. The van der Waals surface area contributed by atoms with Crippen LogP contribution in [0.4, 0.5) is 13.2 Å². The van der Waals surface area contributed by atoms with Crippen molar-refractivity contribution in [1.82, 2.24) is 10.2 Å². The Bertz CT molecular complexity index is 1410. The Balaban J connectivity index is 1.51. The summed E-state index contributed by atoms with van der Waals surface area (Å²) in [6, 6.07) is -0.790. The van der Waals surface area contributed by atoms with Crippen LogP contribution in [-0.4, -0.2) is 80.8 Å². The number of aromatic hydroxyl groups is 1. The average molecular weight is 566 g/mol. The van der Waals surface area contributed by atoms with Crippen molar-refractivity contribution < 1.29 is 52.1 Å². The number of carbonyl (C=O) groups excluding carboxylic acids is 5. The highest BCUT2D eigenvalue weighted by atomic mass is 19.4. The number of primary amides is 1. The molecule has 2 aliphatic heterocycles. The van der Waals surface area contributed by atoms with Crippen LogP contribution in [0.2, 0.25) is 0 Å². The molecule has 14 heteroatoms. The number of nitrogens with zero attached hydrogens (tertiary/aromatic N) is 1. The minimum atomic E-state index is -5.13. The van der Waals surface area contributed by atoms with Crippen molar-refractivity contribution >= 4 is 29.0 Å². The van der Waals surface area contributed by atoms with Gasteiger partial charge in [0.2, 0.25) is 11.5 Å². The highest BCUT2D eigenvalue weighted by molar-refractivity contribution is 6.34. The number of ketones is 4. The van der Waals surface area contributed by atoms with E-state index < -0.39 is 93.4 Å². The number of rotatable bonds is 4. The standard InChI is InChI=1S/C26H26F3N3O8/c1-2-32-20-18(35)16(23(30)38)22(37)25(39)21(36)14-9(8-24(20,25)32)6-11-15(17(14)34)13(33)7-10(12-4-3-5-31-12)19(11)40-26(27,28)29/h7,9,12,14,16,20,31,33,39H,2-6,8H2,1H3,(H2,30,38). The minimum Gasteiger partial charge on any atom is -0.507 e. The molecule has 5 aliphatic rings. The number of nitrogens with two attached hydrogens (primary N) is 1. The third-order valence-corrected chi connectivity index (χ3v) is 9.35. The lowest BCUT2D eigenvalue weighted by Gasteiger charge is -2.48. The molecule has 5 N–H and O–H groups in total. The number of ether oxygens (including phenoxy) is 1. The van der Waals surface area contributed by atoms with Crippen molar-refractivity contribution in [1.29, 1.82) is 0 Å². The summed E-state index contributed by atoms with van der Waals surface area (Å²) in [5.74, 6) is -12.1. The number of hydrogen-bond donors (Lipinski definition) is 4. The molecule has 1 amide bonds. The Labute approximate surface area is 224 Å². The van der Waals surface area contributed by atoms with Crippen LogP contribution < -0.4 is 15.8 Å². The van der Waals surface area contributed by atoms with E-state index in [4.69, 9.17) is 5.73 Å². The fourth-order valence-corrected chi connectivity index (χ4v) is 7.88. The average Bonchev–Trinajstić information content (AvgIpc) is 3.20. The summed E-state index contributed by atoms with van der Waals surface area (Å²) >= 11 is 0. The summed E-state index contributed by atoms with van der Waals surface area (Å²) in [7, 11) is 0. The third-order valence-electron chi connectivity index (χ3n) is 9.35. The summed E-state index contributed by atoms with van der Waals surface area (Å²) in [6.45, 7) is 2.22. The molecule has 8 atom stereocenters. The first-order valence-corrected chi connectivity index (χ1v) is 13.0. The van der Waals surface area contributed by atoms with Gasteiger partial charge >= 0.3 is 6.36 Å². The minimum absolute atomic E-state index is 0.0148. The van der Waals surface area contributed by atoms with Crippen molar-refractivity contribution in [3.63, 3.8) is 0 Å². The molecule has 1 aromatic carbocycles. The molecule has 2 saturated heterocycles. The number of carbonyl (C=O) groups is 5. The van der Waals surface area contributed by atoms with Gasteiger partial charge in [0.05, 0.1) is 23.1 Å². The molecule has 1 spiro atoms. The van der Waals surface area contributed by atoms with Gasteiger partial charge in [-0.1, -0.05) is 6.92 Å². The first kappa shape index (κ1) is 26.8. The zero-order valence-corrected chi connectivity index (χ0v) is 21.2. The number of benzene rings is 1. The van der Waals surface area contributed by atoms with E-state index in [1.807, 2.05) is 0 Å². The van der Waals surface area contributed by atoms with Crippen LogP contribution in [0, 0.1) is 17.8 Å². The van der Waals surface area contributed by atoms with Gasteiger partial charge in [0.15, 0.2) is 29.1 Å². The summed E-state index contributed by atoms with van der Waals surface area (Å²) in [5.41, 5.74) is -0.184. The Morgan fingerprint density at radius 3 is 2.52 bits per heavy atom. The van der Waals surface area contributed by atoms with Crippen LogP contribution >= 0.6 is 0 Å². The van der Waals surface area contributed by atoms with Crippen molar-refractivity contribution in [3.05, 3.63) is 22.8 Å². The van der Waals surface area contributed by atoms with Gasteiger partial charge in [-0.3, -0.25) is 28.9 Å². The third kappa shape index (κ3) is 3.20. The number of likely N-dealkylation sites (tertiary alicyclic amines) is 1. The van der Waals surface area contributed by atoms with Gasteiger partial charge in [0.1, 0.15) is 11.5 Å². The normalized spacial score (nSPS) is 38.3. The molecule has 6 rings (SSSR count). The first-order valence-electron chi connectivity index (χ1n) is 13.0. The maximum atomic E-state index is 13.9. The number of amides is 1. The van der Waals surface area contributed by atoms with E-state index in [1.165, 1.54) is 4.90 Å². The molecule has 2 heterocycles. The number of halogens is 3. The number of phenolic OH excluding ortho intramolecular Hbond substituents is 1. The van der Waals surface area contributed by atoms with E-state index in [1.54, 1.807) is 6.92 Å². The van der Waals surface area contributed by atoms with Crippen molar-refractivity contribution in [3.8, 4) is 11.5 Å². The summed E-state index contributed by atoms with van der Waals surface area (Å²) < 4.78 is 45.2. The molecule has 11 nitrogen and oxygen atoms in total. The number of nitrogens with one attached hydrogen (secondary N) is 1. The molecule has 2 saturated carbocycles. The fraction of sp³-hybridized carbons (Fsp3) is 0.577. The Morgan fingerprint density at radius 2 is 1.95 bits per heavy atom. The van der Waals surface area contributed by atoms with Crippen molar-refractivity contribution in [2.75, 3.05) is 13.1 Å². The van der Waals surface area contributed by atoms with Crippen LogP contribution in [0.25, 0.3) is 0 Å². The fourth-order valence-electron chi connectivity index (χ4n) is 7.88. The number of fused-ring (bicyclic) bond motifs is 2. The van der Waals surface area contributed by atoms with Crippen molar-refractivity contribution in [2.24, 2.45) is 23.5 Å². The largest absolute Gasteiger partial charge is 0.573 e. The molecule has 4 fully saturated rings. The highest BCUT2D eigenvalue weighted by Gasteiger charge is 2.86. The quantitative estimate of drug-likeness (QED) is 0.289. The van der Waals surface area contributed by atoms with Gasteiger partial charge in [-0.05, 0) is 50.8 Å². The molecular formula is C26H26F3N3O8. The van der Waals surface area contributed by atoms with E-state index in [0.717, 1.165) is 6.07 Å². The summed E-state index contributed by atoms with van der Waals surface area (Å²) in [4.78, 5) is 67.7. The Morgan fingerprint density at radius 1 is 1.25 bits per heavy atom. The van der Waals surface area contributed by atoms with E-state index >= 15 is 0 Å². The number of hydrogen-bond acceptors (Lipinski definition) is 10. The molecule has 0 aromatic heterocycles. The molecule has 0 bridgehead atoms. The lowest BCUT2D eigenvalue weighted by atomic mass is 9.53. The smallest absolute Gasteiger partial charge is 0.507 e. The van der Waals surface area contributed by atoms with Gasteiger partial charge in [0, 0.05) is 17.2 Å². The maximum Gasteiger partial charge on any atom is 0.573 e. The van der Waals surface area contributed by atoms with E-state index in [2.05, 4.69) is 10.1 Å². The van der Waals surface area contributed by atoms with E-state index in [9.17, 15) is 47.4 Å². The van der Waals surface area contributed by atoms with Gasteiger partial charge in [0.25, 0.3) is 0 Å². The Kier molecular flexibility index (Phi) is 5.59. The van der Waals surface area contributed by atoms with Crippen LogP contribution in [0.5, 0.6) is 11.5 Å². The van der Waals surface area contributed by atoms with E-state index in [-0.39, 0.29) is 30.5 Å². The van der Waals surface area contributed by atoms with Crippen LogP contribution in [0.3, 0.4) is 0 Å². The lowest BCUT2D eigenvalue weighted by molar-refractivity contribution is -0.275. The highest BCUT2D eigenvalue weighted by Crippen LogP contribution is 2.63.